The predicted molar refractivity (Wildman–Crippen MR) is 82.8 cm³/mol. The van der Waals surface area contributed by atoms with Crippen molar-refractivity contribution in [2.45, 2.75) is 77.9 Å². The van der Waals surface area contributed by atoms with Gasteiger partial charge in [-0.25, -0.2) is 0 Å². The molecule has 0 aliphatic heterocycles. The lowest BCUT2D eigenvalue weighted by molar-refractivity contribution is -0.151. The highest BCUT2D eigenvalue weighted by atomic mass is 16.5. The third-order valence-corrected chi connectivity index (χ3v) is 4.15. The van der Waals surface area contributed by atoms with E-state index in [-0.39, 0.29) is 5.97 Å². The summed E-state index contributed by atoms with van der Waals surface area (Å²) in [5, 5.41) is 3.49. The van der Waals surface area contributed by atoms with Crippen LogP contribution in [0.5, 0.6) is 0 Å². The number of rotatable bonds is 8. The molecule has 0 heterocycles. The molecule has 1 fully saturated rings. The van der Waals surface area contributed by atoms with E-state index in [4.69, 9.17) is 4.74 Å². The van der Waals surface area contributed by atoms with Crippen molar-refractivity contribution in [1.82, 2.24) is 10.2 Å². The number of esters is 1. The first-order chi connectivity index (χ1) is 9.49. The van der Waals surface area contributed by atoms with Gasteiger partial charge in [0, 0.05) is 12.1 Å². The van der Waals surface area contributed by atoms with E-state index in [0.717, 1.165) is 38.8 Å². The first-order valence-corrected chi connectivity index (χ1v) is 8.18. The van der Waals surface area contributed by atoms with Crippen LogP contribution < -0.4 is 5.32 Å². The molecule has 0 amide bonds. The normalized spacial score (nSPS) is 26.4. The molecule has 0 spiro atoms. The predicted octanol–water partition coefficient (Wildman–Crippen LogP) is 2.57. The molecule has 2 unspecified atom stereocenters. The van der Waals surface area contributed by atoms with Gasteiger partial charge < -0.3 is 9.64 Å². The van der Waals surface area contributed by atoms with Crippen molar-refractivity contribution in [1.29, 1.82) is 0 Å². The average Bonchev–Trinajstić information content (AvgIpc) is 2.80. The van der Waals surface area contributed by atoms with Crippen molar-refractivity contribution in [2.24, 2.45) is 0 Å². The molecule has 118 valence electrons. The molecule has 1 aliphatic carbocycles. The second kappa shape index (κ2) is 7.99. The van der Waals surface area contributed by atoms with Gasteiger partial charge in [-0.15, -0.1) is 0 Å². The summed E-state index contributed by atoms with van der Waals surface area (Å²) in [6, 6.07) is 0.787. The van der Waals surface area contributed by atoms with Crippen LogP contribution in [-0.2, 0) is 9.53 Å². The first kappa shape index (κ1) is 17.4. The van der Waals surface area contributed by atoms with Crippen LogP contribution in [0.2, 0.25) is 0 Å². The molecule has 0 aromatic carbocycles. The Hall–Kier alpha value is -0.610. The maximum Gasteiger partial charge on any atom is 0.326 e. The summed E-state index contributed by atoms with van der Waals surface area (Å²) in [4.78, 5) is 14.9. The van der Waals surface area contributed by atoms with Crippen LogP contribution in [0, 0.1) is 0 Å². The van der Waals surface area contributed by atoms with Gasteiger partial charge >= 0.3 is 5.97 Å². The van der Waals surface area contributed by atoms with Crippen LogP contribution in [0.4, 0.5) is 0 Å². The van der Waals surface area contributed by atoms with Crippen LogP contribution in [-0.4, -0.2) is 48.2 Å². The van der Waals surface area contributed by atoms with E-state index >= 15 is 0 Å². The van der Waals surface area contributed by atoms with Gasteiger partial charge in [0.2, 0.25) is 0 Å². The first-order valence-electron chi connectivity index (χ1n) is 8.18. The number of hydrogen-bond donors (Lipinski definition) is 1. The van der Waals surface area contributed by atoms with E-state index < -0.39 is 5.54 Å². The van der Waals surface area contributed by atoms with Crippen LogP contribution in [0.25, 0.3) is 0 Å². The lowest BCUT2D eigenvalue weighted by atomic mass is 9.96. The number of nitrogens with one attached hydrogen (secondary N) is 1. The summed E-state index contributed by atoms with van der Waals surface area (Å²) in [7, 11) is 0. The fourth-order valence-electron chi connectivity index (χ4n) is 3.41. The van der Waals surface area contributed by atoms with Crippen LogP contribution in [0.15, 0.2) is 0 Å². The molecule has 0 saturated heterocycles. The molecular formula is C16H32N2O2. The highest BCUT2D eigenvalue weighted by Gasteiger charge is 2.47. The van der Waals surface area contributed by atoms with Crippen molar-refractivity contribution >= 4 is 5.97 Å². The minimum atomic E-state index is -0.476. The number of hydrogen-bond acceptors (Lipinski definition) is 4. The van der Waals surface area contributed by atoms with Crippen LogP contribution in [0.1, 0.15) is 60.3 Å². The van der Waals surface area contributed by atoms with Gasteiger partial charge in [0.1, 0.15) is 5.54 Å². The second-order valence-corrected chi connectivity index (χ2v) is 6.13. The molecule has 1 N–H and O–H groups in total. The minimum absolute atomic E-state index is 0.0660. The molecule has 1 saturated carbocycles. The van der Waals surface area contributed by atoms with Gasteiger partial charge in [0.05, 0.1) is 6.61 Å². The van der Waals surface area contributed by atoms with Gasteiger partial charge in [0.15, 0.2) is 0 Å². The zero-order chi connectivity index (χ0) is 15.2. The maximum absolute atomic E-state index is 12.4. The standard InChI is InChI=1S/C16H32N2O2/c1-6-11-18(7-2)14-9-10-16(12-14,17-13(4)5)15(19)20-8-3/h13-14,17H,6-12H2,1-5H3. The lowest BCUT2D eigenvalue weighted by Crippen LogP contribution is -2.54. The quantitative estimate of drug-likeness (QED) is 0.696. The highest BCUT2D eigenvalue weighted by molar-refractivity contribution is 5.81. The Morgan fingerprint density at radius 1 is 1.40 bits per heavy atom. The highest BCUT2D eigenvalue weighted by Crippen LogP contribution is 2.34. The van der Waals surface area contributed by atoms with Crippen LogP contribution >= 0.6 is 0 Å². The number of carbonyl (C=O) groups is 1. The topological polar surface area (TPSA) is 41.6 Å². The smallest absolute Gasteiger partial charge is 0.326 e. The Morgan fingerprint density at radius 2 is 2.10 bits per heavy atom. The van der Waals surface area contributed by atoms with E-state index in [1.54, 1.807) is 0 Å². The maximum atomic E-state index is 12.4. The molecule has 0 radical (unpaired) electrons. The van der Waals surface area contributed by atoms with Crippen LogP contribution in [0.3, 0.4) is 0 Å². The Morgan fingerprint density at radius 3 is 2.60 bits per heavy atom. The molecule has 0 bridgehead atoms. The van der Waals surface area contributed by atoms with Crippen molar-refractivity contribution in [3.8, 4) is 0 Å². The Balaban J connectivity index is 2.80. The molecule has 0 aromatic heterocycles. The summed E-state index contributed by atoms with van der Waals surface area (Å²) in [5.74, 6) is -0.0660. The van der Waals surface area contributed by atoms with E-state index in [0.29, 0.717) is 18.7 Å². The Labute approximate surface area is 124 Å². The van der Waals surface area contributed by atoms with E-state index in [1.165, 1.54) is 0 Å². The summed E-state index contributed by atoms with van der Waals surface area (Å²) in [6.45, 7) is 13.1. The molecular weight excluding hydrogens is 252 g/mol. The summed E-state index contributed by atoms with van der Waals surface area (Å²) < 4.78 is 5.33. The zero-order valence-electron chi connectivity index (χ0n) is 13.9. The molecule has 1 aliphatic rings. The lowest BCUT2D eigenvalue weighted by Gasteiger charge is -2.32. The molecule has 2 atom stereocenters. The third kappa shape index (κ3) is 4.19. The fraction of sp³-hybridized carbons (Fsp3) is 0.938. The summed E-state index contributed by atoms with van der Waals surface area (Å²) in [5.41, 5.74) is -0.476. The number of carbonyl (C=O) groups excluding carboxylic acids is 1. The molecule has 20 heavy (non-hydrogen) atoms. The van der Waals surface area contributed by atoms with Gasteiger partial charge in [-0.05, 0) is 59.5 Å². The summed E-state index contributed by atoms with van der Waals surface area (Å²) in [6.07, 6.45) is 3.99. The molecule has 4 nitrogen and oxygen atoms in total. The Kier molecular flexibility index (Phi) is 6.96. The largest absolute Gasteiger partial charge is 0.465 e. The van der Waals surface area contributed by atoms with Crippen molar-refractivity contribution in [3.05, 3.63) is 0 Å². The Bertz CT molecular complexity index is 307. The fourth-order valence-corrected chi connectivity index (χ4v) is 3.41. The van der Waals surface area contributed by atoms with Gasteiger partial charge in [-0.3, -0.25) is 10.1 Å². The second-order valence-electron chi connectivity index (χ2n) is 6.13. The van der Waals surface area contributed by atoms with Crippen molar-refractivity contribution < 1.29 is 9.53 Å². The zero-order valence-corrected chi connectivity index (χ0v) is 13.9. The van der Waals surface area contributed by atoms with E-state index in [9.17, 15) is 4.79 Å². The van der Waals surface area contributed by atoms with E-state index in [1.807, 2.05) is 6.92 Å². The van der Waals surface area contributed by atoms with E-state index in [2.05, 4.69) is 37.9 Å². The third-order valence-electron chi connectivity index (χ3n) is 4.15. The molecule has 1 rings (SSSR count). The number of ether oxygens (including phenoxy) is 1. The van der Waals surface area contributed by atoms with Gasteiger partial charge in [-0.2, -0.15) is 0 Å². The molecule has 4 heteroatoms. The van der Waals surface area contributed by atoms with Crippen molar-refractivity contribution in [2.75, 3.05) is 19.7 Å². The monoisotopic (exact) mass is 284 g/mol. The SMILES string of the molecule is CCCN(CC)C1CCC(NC(C)C)(C(=O)OCC)C1. The summed E-state index contributed by atoms with van der Waals surface area (Å²) >= 11 is 0. The van der Waals surface area contributed by atoms with Crippen molar-refractivity contribution in [3.63, 3.8) is 0 Å². The number of nitrogens with zero attached hydrogens (tertiary/aromatic N) is 1. The van der Waals surface area contributed by atoms with Gasteiger partial charge in [-0.1, -0.05) is 13.8 Å². The van der Waals surface area contributed by atoms with Gasteiger partial charge in [0.25, 0.3) is 0 Å². The molecule has 0 aromatic rings. The minimum Gasteiger partial charge on any atom is -0.465 e. The average molecular weight is 284 g/mol.